The minimum atomic E-state index is -0.684. The minimum absolute atomic E-state index is 0.179. The molecule has 0 saturated heterocycles. The second-order valence-electron chi connectivity index (χ2n) is 9.27. The van der Waals surface area contributed by atoms with Gasteiger partial charge in [-0.05, 0) is 74.2 Å². The van der Waals surface area contributed by atoms with Crippen molar-refractivity contribution in [3.8, 4) is 0 Å². The van der Waals surface area contributed by atoms with Gasteiger partial charge >= 0.3 is 0 Å². The Balaban J connectivity index is 1.51. The van der Waals surface area contributed by atoms with Gasteiger partial charge in [-0.3, -0.25) is 0 Å². The minimum Gasteiger partial charge on any atom is -0.209 e. The van der Waals surface area contributed by atoms with Gasteiger partial charge in [-0.1, -0.05) is 63.8 Å². The summed E-state index contributed by atoms with van der Waals surface area (Å²) in [5.41, 5.74) is 1.68. The summed E-state index contributed by atoms with van der Waals surface area (Å²) in [5.74, 6) is 2.15. The molecule has 0 atom stereocenters. The third kappa shape index (κ3) is 5.45. The van der Waals surface area contributed by atoms with E-state index in [1.807, 2.05) is 19.1 Å². The molecular weight excluding hydrogens is 350 g/mol. The van der Waals surface area contributed by atoms with Gasteiger partial charge in [0, 0.05) is 12.0 Å². The molecule has 1 aromatic carbocycles. The number of hydrogen-bond acceptors (Lipinski definition) is 0. The Kier molecular flexibility index (Phi) is 8.11. The molecule has 1 aromatic rings. The van der Waals surface area contributed by atoms with E-state index in [0.29, 0.717) is 17.9 Å². The normalized spacial score (nSPS) is 29.4. The zero-order valence-electron chi connectivity index (χ0n) is 17.9. The molecule has 0 bridgehead atoms. The first-order valence-electron chi connectivity index (χ1n) is 11.8. The van der Waals surface area contributed by atoms with E-state index in [1.54, 1.807) is 12.1 Å². The lowest BCUT2D eigenvalue weighted by molar-refractivity contribution is 0.156. The zero-order chi connectivity index (χ0) is 19.9. The topological polar surface area (TPSA) is 0 Å². The van der Waals surface area contributed by atoms with E-state index in [9.17, 15) is 8.78 Å². The molecule has 156 valence electrons. The first kappa shape index (κ1) is 21.5. The van der Waals surface area contributed by atoms with Crippen LogP contribution in [-0.4, -0.2) is 0 Å². The Morgan fingerprint density at radius 2 is 1.36 bits per heavy atom. The van der Waals surface area contributed by atoms with E-state index >= 15 is 0 Å². The Morgan fingerprint density at radius 3 is 1.89 bits per heavy atom. The number of halogens is 2. The van der Waals surface area contributed by atoms with Crippen LogP contribution in [0.25, 0.3) is 5.83 Å². The molecular formula is C26H38F2. The van der Waals surface area contributed by atoms with E-state index < -0.39 is 11.7 Å². The molecule has 0 nitrogen and oxygen atoms in total. The Labute approximate surface area is 170 Å². The fourth-order valence-electron chi connectivity index (χ4n) is 5.67. The van der Waals surface area contributed by atoms with Crippen molar-refractivity contribution in [2.75, 3.05) is 0 Å². The van der Waals surface area contributed by atoms with Gasteiger partial charge in [-0.15, -0.1) is 0 Å². The highest BCUT2D eigenvalue weighted by molar-refractivity contribution is 5.61. The Bertz CT molecular complexity index is 614. The van der Waals surface area contributed by atoms with Crippen LogP contribution in [0.1, 0.15) is 108 Å². The zero-order valence-corrected chi connectivity index (χ0v) is 17.9. The van der Waals surface area contributed by atoms with Crippen molar-refractivity contribution < 1.29 is 8.78 Å². The molecule has 28 heavy (non-hydrogen) atoms. The van der Waals surface area contributed by atoms with Gasteiger partial charge in [0.2, 0.25) is 0 Å². The maximum atomic E-state index is 14.1. The summed E-state index contributed by atoms with van der Waals surface area (Å²) in [5, 5.41) is 0. The van der Waals surface area contributed by atoms with Gasteiger partial charge in [0.25, 0.3) is 0 Å². The molecule has 0 radical (unpaired) electrons. The van der Waals surface area contributed by atoms with Gasteiger partial charge in [-0.2, -0.15) is 0 Å². The van der Waals surface area contributed by atoms with Crippen LogP contribution in [-0.2, 0) is 0 Å². The van der Waals surface area contributed by atoms with Crippen molar-refractivity contribution in [3.63, 3.8) is 0 Å². The molecule has 0 spiro atoms. The van der Waals surface area contributed by atoms with Crippen LogP contribution in [0.3, 0.4) is 0 Å². The molecule has 2 fully saturated rings. The average Bonchev–Trinajstić information content (AvgIpc) is 2.74. The highest BCUT2D eigenvalue weighted by Gasteiger charge is 2.31. The quantitative estimate of drug-likeness (QED) is 0.437. The van der Waals surface area contributed by atoms with E-state index in [0.717, 1.165) is 17.8 Å². The van der Waals surface area contributed by atoms with Crippen LogP contribution < -0.4 is 0 Å². The SMILES string of the molecule is CCC/C(F)=C(\F)c1ccc(C2CCC(C3CCC(CCC)CC3)CC2)cc1. The molecule has 2 aliphatic rings. The summed E-state index contributed by atoms with van der Waals surface area (Å²) >= 11 is 0. The van der Waals surface area contributed by atoms with Gasteiger partial charge in [-0.25, -0.2) is 8.78 Å². The lowest BCUT2D eigenvalue weighted by Gasteiger charge is -2.38. The van der Waals surface area contributed by atoms with Gasteiger partial charge < -0.3 is 0 Å². The number of benzene rings is 1. The summed E-state index contributed by atoms with van der Waals surface area (Å²) in [6.45, 7) is 4.18. The summed E-state index contributed by atoms with van der Waals surface area (Å²) in [7, 11) is 0. The summed E-state index contributed by atoms with van der Waals surface area (Å²) < 4.78 is 27.9. The molecule has 2 heteroatoms. The van der Waals surface area contributed by atoms with Crippen molar-refractivity contribution >= 4 is 5.83 Å². The first-order chi connectivity index (χ1) is 13.6. The van der Waals surface area contributed by atoms with Crippen LogP contribution in [0.15, 0.2) is 30.1 Å². The number of hydrogen-bond donors (Lipinski definition) is 0. The predicted octanol–water partition coefficient (Wildman–Crippen LogP) is 8.97. The Morgan fingerprint density at radius 1 is 0.786 bits per heavy atom. The van der Waals surface area contributed by atoms with Crippen molar-refractivity contribution in [1.29, 1.82) is 0 Å². The average molecular weight is 389 g/mol. The number of allylic oxidation sites excluding steroid dienone is 1. The van der Waals surface area contributed by atoms with E-state index in [2.05, 4.69) is 6.92 Å². The first-order valence-corrected chi connectivity index (χ1v) is 11.8. The largest absolute Gasteiger partial charge is 0.209 e. The highest BCUT2D eigenvalue weighted by Crippen LogP contribution is 2.44. The molecule has 0 N–H and O–H groups in total. The van der Waals surface area contributed by atoms with Gasteiger partial charge in [0.15, 0.2) is 5.83 Å². The monoisotopic (exact) mass is 388 g/mol. The molecule has 0 amide bonds. The van der Waals surface area contributed by atoms with E-state index in [-0.39, 0.29) is 6.42 Å². The van der Waals surface area contributed by atoms with E-state index in [1.165, 1.54) is 69.8 Å². The van der Waals surface area contributed by atoms with Crippen LogP contribution in [0.4, 0.5) is 8.78 Å². The smallest absolute Gasteiger partial charge is 0.161 e. The van der Waals surface area contributed by atoms with E-state index in [4.69, 9.17) is 0 Å². The summed E-state index contributed by atoms with van der Waals surface area (Å²) in [4.78, 5) is 0. The second kappa shape index (κ2) is 10.6. The van der Waals surface area contributed by atoms with Crippen molar-refractivity contribution in [2.24, 2.45) is 17.8 Å². The second-order valence-corrected chi connectivity index (χ2v) is 9.27. The van der Waals surface area contributed by atoms with Crippen LogP contribution in [0, 0.1) is 17.8 Å². The van der Waals surface area contributed by atoms with Crippen molar-refractivity contribution in [1.82, 2.24) is 0 Å². The van der Waals surface area contributed by atoms with Crippen LogP contribution in [0.2, 0.25) is 0 Å². The molecule has 0 unspecified atom stereocenters. The highest BCUT2D eigenvalue weighted by atomic mass is 19.2. The lowest BCUT2D eigenvalue weighted by atomic mass is 9.68. The van der Waals surface area contributed by atoms with Crippen LogP contribution >= 0.6 is 0 Å². The standard InChI is InChI=1S/C26H38F2/c1-3-5-19-7-9-20(10-8-19)21-11-13-22(14-12-21)23-15-17-24(18-16-23)26(28)25(27)6-4-2/h15-22H,3-14H2,1-2H3/b26-25+. The number of rotatable bonds is 7. The summed E-state index contributed by atoms with van der Waals surface area (Å²) in [6, 6.07) is 7.58. The molecule has 0 aliphatic heterocycles. The Hall–Kier alpha value is -1.18. The van der Waals surface area contributed by atoms with Gasteiger partial charge in [0.05, 0.1) is 0 Å². The molecule has 2 aliphatic carbocycles. The molecule has 0 aromatic heterocycles. The molecule has 0 heterocycles. The molecule has 3 rings (SSSR count). The fourth-order valence-corrected chi connectivity index (χ4v) is 5.67. The van der Waals surface area contributed by atoms with Crippen molar-refractivity contribution in [2.45, 2.75) is 96.8 Å². The fraction of sp³-hybridized carbons (Fsp3) is 0.692. The van der Waals surface area contributed by atoms with Gasteiger partial charge in [0.1, 0.15) is 5.83 Å². The van der Waals surface area contributed by atoms with Crippen molar-refractivity contribution in [3.05, 3.63) is 41.2 Å². The predicted molar refractivity (Wildman–Crippen MR) is 116 cm³/mol. The maximum absolute atomic E-state index is 14.1. The maximum Gasteiger partial charge on any atom is 0.161 e. The van der Waals surface area contributed by atoms with Crippen LogP contribution in [0.5, 0.6) is 0 Å². The molecule has 2 saturated carbocycles. The lowest BCUT2D eigenvalue weighted by Crippen LogP contribution is -2.25. The third-order valence-electron chi connectivity index (χ3n) is 7.37. The third-order valence-corrected chi connectivity index (χ3v) is 7.37. The summed E-state index contributed by atoms with van der Waals surface area (Å²) in [6.07, 6.45) is 14.6.